The average molecular weight is 372 g/mol. The number of morpholine rings is 1. The van der Waals surface area contributed by atoms with Crippen molar-refractivity contribution >= 4 is 35.1 Å². The van der Waals surface area contributed by atoms with E-state index < -0.39 is 0 Å². The van der Waals surface area contributed by atoms with Gasteiger partial charge in [0.25, 0.3) is 0 Å². The predicted octanol–water partition coefficient (Wildman–Crippen LogP) is 4.04. The van der Waals surface area contributed by atoms with E-state index in [1.54, 1.807) is 30.0 Å². The first-order valence-corrected chi connectivity index (χ1v) is 9.63. The summed E-state index contributed by atoms with van der Waals surface area (Å²) in [5.41, 5.74) is 1.91. The van der Waals surface area contributed by atoms with E-state index in [9.17, 15) is 9.18 Å². The molecule has 0 radical (unpaired) electrons. The maximum absolute atomic E-state index is 14.4. The molecule has 6 heteroatoms. The van der Waals surface area contributed by atoms with Gasteiger partial charge in [-0.25, -0.2) is 4.39 Å². The number of carbonyl (C=O) groups is 1. The number of nitrogens with one attached hydrogen (secondary N) is 1. The van der Waals surface area contributed by atoms with Crippen LogP contribution < -0.4 is 10.2 Å². The lowest BCUT2D eigenvalue weighted by atomic mass is 10.2. The van der Waals surface area contributed by atoms with Gasteiger partial charge in [0.1, 0.15) is 5.82 Å². The van der Waals surface area contributed by atoms with Crippen molar-refractivity contribution in [2.75, 3.05) is 42.8 Å². The predicted molar refractivity (Wildman–Crippen MR) is 105 cm³/mol. The molecule has 0 spiro atoms. The number of hydrogen-bond acceptors (Lipinski definition) is 4. The molecule has 0 unspecified atom stereocenters. The van der Waals surface area contributed by atoms with Gasteiger partial charge in [-0.1, -0.05) is 12.1 Å². The Kier molecular flexibility index (Phi) is 6.30. The third-order valence-electron chi connectivity index (χ3n) is 4.11. The van der Waals surface area contributed by atoms with Gasteiger partial charge in [0.15, 0.2) is 0 Å². The Morgan fingerprint density at radius 1 is 1.19 bits per heavy atom. The van der Waals surface area contributed by atoms with Crippen molar-refractivity contribution in [2.24, 2.45) is 0 Å². The minimum absolute atomic E-state index is 0.294. The smallest absolute Gasteiger partial charge is 0.248 e. The largest absolute Gasteiger partial charge is 0.378 e. The van der Waals surface area contributed by atoms with Gasteiger partial charge in [-0.15, -0.1) is 11.8 Å². The first-order valence-electron chi connectivity index (χ1n) is 8.41. The fourth-order valence-corrected chi connectivity index (χ4v) is 3.12. The zero-order chi connectivity index (χ0) is 18.4. The summed E-state index contributed by atoms with van der Waals surface area (Å²) in [5.74, 6) is -0.640. The second-order valence-corrected chi connectivity index (χ2v) is 6.74. The summed E-state index contributed by atoms with van der Waals surface area (Å²) in [6.07, 6.45) is 5.20. The Bertz CT molecular complexity index is 787. The lowest BCUT2D eigenvalue weighted by Gasteiger charge is -2.29. The molecule has 1 heterocycles. The molecule has 1 aliphatic rings. The minimum Gasteiger partial charge on any atom is -0.378 e. The zero-order valence-electron chi connectivity index (χ0n) is 14.6. The molecule has 3 rings (SSSR count). The van der Waals surface area contributed by atoms with Crippen LogP contribution in [0.15, 0.2) is 53.4 Å². The van der Waals surface area contributed by atoms with Gasteiger partial charge in [-0.05, 0) is 48.2 Å². The van der Waals surface area contributed by atoms with Crippen molar-refractivity contribution < 1.29 is 13.9 Å². The van der Waals surface area contributed by atoms with Crippen molar-refractivity contribution in [3.05, 3.63) is 59.9 Å². The number of amides is 1. The topological polar surface area (TPSA) is 41.6 Å². The summed E-state index contributed by atoms with van der Waals surface area (Å²) >= 11 is 1.67. The maximum Gasteiger partial charge on any atom is 0.248 e. The van der Waals surface area contributed by atoms with Crippen molar-refractivity contribution in [3.8, 4) is 0 Å². The number of benzene rings is 2. The molecule has 0 atom stereocenters. The molecule has 1 N–H and O–H groups in total. The molecule has 136 valence electrons. The van der Waals surface area contributed by atoms with Gasteiger partial charge in [0.2, 0.25) is 5.91 Å². The lowest BCUT2D eigenvalue weighted by Crippen LogP contribution is -2.36. The highest BCUT2D eigenvalue weighted by molar-refractivity contribution is 7.98. The third-order valence-corrected chi connectivity index (χ3v) is 4.85. The van der Waals surface area contributed by atoms with E-state index >= 15 is 0 Å². The maximum atomic E-state index is 14.4. The first kappa shape index (κ1) is 18.5. The molecular formula is C20H21FN2O2S. The number of carbonyl (C=O) groups excluding carboxylic acids is 1. The molecule has 1 aliphatic heterocycles. The minimum atomic E-state index is -0.346. The Balaban J connectivity index is 1.61. The standard InChI is InChI=1S/C20H21FN2O2S/c1-26-17-6-2-15(3-7-17)4-9-20(24)22-16-5-8-19(18(21)14-16)23-10-12-25-13-11-23/h2-9,14H,10-13H2,1H3,(H,22,24)/b9-4+. The van der Waals surface area contributed by atoms with E-state index in [2.05, 4.69) is 5.32 Å². The normalized spacial score (nSPS) is 14.6. The van der Waals surface area contributed by atoms with E-state index in [0.29, 0.717) is 37.7 Å². The number of rotatable bonds is 5. The monoisotopic (exact) mass is 372 g/mol. The van der Waals surface area contributed by atoms with Crippen LogP contribution in [0.5, 0.6) is 0 Å². The van der Waals surface area contributed by atoms with Crippen LogP contribution in [0.1, 0.15) is 5.56 Å². The van der Waals surface area contributed by atoms with Gasteiger partial charge in [-0.2, -0.15) is 0 Å². The van der Waals surface area contributed by atoms with Crippen LogP contribution in [0.2, 0.25) is 0 Å². The number of thioether (sulfide) groups is 1. The van der Waals surface area contributed by atoms with E-state index in [-0.39, 0.29) is 11.7 Å². The van der Waals surface area contributed by atoms with Crippen LogP contribution in [0.4, 0.5) is 15.8 Å². The fourth-order valence-electron chi connectivity index (χ4n) is 2.72. The Labute approximate surface area is 157 Å². The number of hydrogen-bond donors (Lipinski definition) is 1. The zero-order valence-corrected chi connectivity index (χ0v) is 15.4. The molecule has 1 saturated heterocycles. The van der Waals surface area contributed by atoms with Gasteiger partial charge in [0.05, 0.1) is 18.9 Å². The average Bonchev–Trinajstić information content (AvgIpc) is 2.67. The van der Waals surface area contributed by atoms with Crippen LogP contribution in [-0.4, -0.2) is 38.5 Å². The highest BCUT2D eigenvalue weighted by atomic mass is 32.2. The Morgan fingerprint density at radius 2 is 1.92 bits per heavy atom. The van der Waals surface area contributed by atoms with Crippen molar-refractivity contribution in [1.82, 2.24) is 0 Å². The number of nitrogens with zero attached hydrogens (tertiary/aromatic N) is 1. The van der Waals surface area contributed by atoms with Crippen molar-refractivity contribution in [1.29, 1.82) is 0 Å². The Hall–Kier alpha value is -2.31. The van der Waals surface area contributed by atoms with E-state index in [1.165, 1.54) is 17.0 Å². The van der Waals surface area contributed by atoms with Gasteiger partial charge in [0, 0.05) is 29.7 Å². The highest BCUT2D eigenvalue weighted by Crippen LogP contribution is 2.24. The second-order valence-electron chi connectivity index (χ2n) is 5.86. The van der Waals surface area contributed by atoms with E-state index in [4.69, 9.17) is 4.74 Å². The van der Waals surface area contributed by atoms with Crippen LogP contribution in [-0.2, 0) is 9.53 Å². The lowest BCUT2D eigenvalue weighted by molar-refractivity contribution is -0.111. The SMILES string of the molecule is CSc1ccc(/C=C/C(=O)Nc2ccc(N3CCOCC3)c(F)c2)cc1. The second kappa shape index (κ2) is 8.87. The summed E-state index contributed by atoms with van der Waals surface area (Å²) in [5, 5.41) is 2.69. The van der Waals surface area contributed by atoms with Gasteiger partial charge >= 0.3 is 0 Å². The van der Waals surface area contributed by atoms with Crippen LogP contribution in [0.25, 0.3) is 6.08 Å². The molecule has 0 saturated carbocycles. The molecule has 2 aromatic rings. The molecular weight excluding hydrogens is 351 g/mol. The molecule has 0 bridgehead atoms. The molecule has 0 aromatic heterocycles. The van der Waals surface area contributed by atoms with Crippen LogP contribution in [0.3, 0.4) is 0 Å². The van der Waals surface area contributed by atoms with E-state index in [1.807, 2.05) is 35.4 Å². The number of halogens is 1. The summed E-state index contributed by atoms with van der Waals surface area (Å²) in [4.78, 5) is 15.2. The molecule has 1 fully saturated rings. The summed E-state index contributed by atoms with van der Waals surface area (Å²) in [6, 6.07) is 12.7. The van der Waals surface area contributed by atoms with Crippen molar-refractivity contribution in [2.45, 2.75) is 4.90 Å². The van der Waals surface area contributed by atoms with Crippen molar-refractivity contribution in [3.63, 3.8) is 0 Å². The first-order chi connectivity index (χ1) is 12.7. The summed E-state index contributed by atoms with van der Waals surface area (Å²) < 4.78 is 19.6. The Morgan fingerprint density at radius 3 is 2.58 bits per heavy atom. The number of anilines is 2. The van der Waals surface area contributed by atoms with E-state index in [0.717, 1.165) is 5.56 Å². The van der Waals surface area contributed by atoms with Gasteiger partial charge in [-0.3, -0.25) is 4.79 Å². The molecule has 4 nitrogen and oxygen atoms in total. The van der Waals surface area contributed by atoms with Crippen LogP contribution >= 0.6 is 11.8 Å². The fraction of sp³-hybridized carbons (Fsp3) is 0.250. The molecule has 0 aliphatic carbocycles. The third kappa shape index (κ3) is 4.86. The molecule has 1 amide bonds. The summed E-state index contributed by atoms with van der Waals surface area (Å²) in [6.45, 7) is 2.53. The number of ether oxygens (including phenoxy) is 1. The molecule has 2 aromatic carbocycles. The van der Waals surface area contributed by atoms with Gasteiger partial charge < -0.3 is 15.0 Å². The molecule has 26 heavy (non-hydrogen) atoms. The van der Waals surface area contributed by atoms with Crippen LogP contribution in [0, 0.1) is 5.82 Å². The summed E-state index contributed by atoms with van der Waals surface area (Å²) in [7, 11) is 0. The quantitative estimate of drug-likeness (QED) is 0.635. The highest BCUT2D eigenvalue weighted by Gasteiger charge is 2.15.